The Morgan fingerprint density at radius 3 is 2.77 bits per heavy atom. The smallest absolute Gasteiger partial charge is 0.307 e. The number of aliphatic imine (C=N–C) groups is 1. The minimum atomic E-state index is -1.32. The number of anilines is 1. The normalized spacial score (nSPS) is 16.7. The topological polar surface area (TPSA) is 137 Å². The summed E-state index contributed by atoms with van der Waals surface area (Å²) in [5.74, 6) is -0.370. The molecular formula is C23H20ClFN6O4. The number of halogens is 2. The van der Waals surface area contributed by atoms with Crippen LogP contribution in [0.25, 0.3) is 0 Å². The molecule has 180 valence electrons. The number of nitro groups is 1. The number of nitro benzene ring substituents is 1. The number of guanidine groups is 1. The molecule has 35 heavy (non-hydrogen) atoms. The van der Waals surface area contributed by atoms with E-state index in [-0.39, 0.29) is 24.0 Å². The fourth-order valence-corrected chi connectivity index (χ4v) is 3.54. The fourth-order valence-electron chi connectivity index (χ4n) is 3.31. The lowest BCUT2D eigenvalue weighted by Gasteiger charge is -2.27. The van der Waals surface area contributed by atoms with Crippen molar-refractivity contribution in [2.24, 2.45) is 10.7 Å². The summed E-state index contributed by atoms with van der Waals surface area (Å²) in [4.78, 5) is 19.0. The van der Waals surface area contributed by atoms with E-state index in [0.29, 0.717) is 16.3 Å². The van der Waals surface area contributed by atoms with Crippen LogP contribution in [0.15, 0.2) is 72.0 Å². The van der Waals surface area contributed by atoms with Gasteiger partial charge in [0.15, 0.2) is 5.66 Å². The molecule has 0 saturated carbocycles. The minimum absolute atomic E-state index is 0.0484. The van der Waals surface area contributed by atoms with Gasteiger partial charge in [-0.3, -0.25) is 20.8 Å². The molecule has 2 aromatic carbocycles. The highest BCUT2D eigenvalue weighted by atomic mass is 35.5. The molecule has 1 atom stereocenters. The molecule has 0 radical (unpaired) electrons. The lowest BCUT2D eigenvalue weighted by molar-refractivity contribution is -0.387. The third kappa shape index (κ3) is 5.31. The number of nitrogens with zero attached hydrogens (tertiary/aromatic N) is 3. The maximum Gasteiger partial charge on any atom is 0.307 e. The van der Waals surface area contributed by atoms with Crippen LogP contribution in [0.3, 0.4) is 0 Å². The zero-order valence-electron chi connectivity index (χ0n) is 18.4. The van der Waals surface area contributed by atoms with E-state index in [1.807, 2.05) is 18.2 Å². The molecule has 1 aromatic heterocycles. The Balaban J connectivity index is 1.56. The number of pyridine rings is 1. The summed E-state index contributed by atoms with van der Waals surface area (Å²) in [6, 6.07) is 12.5. The first-order valence-corrected chi connectivity index (χ1v) is 10.6. The Labute approximate surface area is 204 Å². The van der Waals surface area contributed by atoms with E-state index >= 15 is 0 Å². The number of aromatic nitrogens is 1. The first-order valence-electron chi connectivity index (χ1n) is 10.2. The van der Waals surface area contributed by atoms with E-state index in [4.69, 9.17) is 26.8 Å². The van der Waals surface area contributed by atoms with Gasteiger partial charge in [-0.1, -0.05) is 23.7 Å². The maximum absolute atomic E-state index is 14.0. The van der Waals surface area contributed by atoms with Crippen molar-refractivity contribution >= 4 is 28.9 Å². The van der Waals surface area contributed by atoms with E-state index in [1.54, 1.807) is 36.7 Å². The number of nitrogens with one attached hydrogen (secondary N) is 2. The number of rotatable bonds is 7. The number of hydrogen-bond acceptors (Lipinski definition) is 9. The summed E-state index contributed by atoms with van der Waals surface area (Å²) in [6.07, 6.45) is 4.84. The van der Waals surface area contributed by atoms with Crippen LogP contribution >= 0.6 is 11.6 Å². The molecule has 0 aliphatic carbocycles. The van der Waals surface area contributed by atoms with E-state index in [0.717, 1.165) is 17.8 Å². The van der Waals surface area contributed by atoms with Crippen molar-refractivity contribution in [1.29, 1.82) is 0 Å². The second-order valence-electron chi connectivity index (χ2n) is 7.40. The summed E-state index contributed by atoms with van der Waals surface area (Å²) in [7, 11) is 1.31. The van der Waals surface area contributed by atoms with Gasteiger partial charge in [-0.05, 0) is 35.9 Å². The quantitative estimate of drug-likeness (QED) is 0.327. The molecule has 1 aliphatic heterocycles. The molecular weight excluding hydrogens is 479 g/mol. The van der Waals surface area contributed by atoms with Gasteiger partial charge in [0, 0.05) is 24.5 Å². The van der Waals surface area contributed by atoms with Gasteiger partial charge in [0.2, 0.25) is 11.8 Å². The Kier molecular flexibility index (Phi) is 6.80. The van der Waals surface area contributed by atoms with Crippen molar-refractivity contribution in [1.82, 2.24) is 10.3 Å². The minimum Gasteiger partial charge on any atom is -0.494 e. The van der Waals surface area contributed by atoms with Gasteiger partial charge >= 0.3 is 5.69 Å². The lowest BCUT2D eigenvalue weighted by atomic mass is 10.00. The average Bonchev–Trinajstić information content (AvgIpc) is 2.84. The van der Waals surface area contributed by atoms with Crippen LogP contribution in [0.2, 0.25) is 5.02 Å². The molecule has 1 aliphatic rings. The zero-order chi connectivity index (χ0) is 25.0. The molecule has 0 saturated heterocycles. The van der Waals surface area contributed by atoms with Crippen LogP contribution in [-0.4, -0.2) is 23.0 Å². The Morgan fingerprint density at radius 2 is 2.09 bits per heavy atom. The van der Waals surface area contributed by atoms with Crippen LogP contribution in [0.4, 0.5) is 15.8 Å². The molecule has 0 fully saturated rings. The zero-order valence-corrected chi connectivity index (χ0v) is 19.1. The lowest BCUT2D eigenvalue weighted by Crippen LogP contribution is -2.41. The molecule has 0 amide bonds. The predicted molar refractivity (Wildman–Crippen MR) is 129 cm³/mol. The van der Waals surface area contributed by atoms with Gasteiger partial charge in [-0.25, -0.2) is 4.99 Å². The predicted octanol–water partition coefficient (Wildman–Crippen LogP) is 4.07. The van der Waals surface area contributed by atoms with Gasteiger partial charge in [-0.15, -0.1) is 0 Å². The van der Waals surface area contributed by atoms with Crippen LogP contribution in [0, 0.1) is 15.9 Å². The van der Waals surface area contributed by atoms with Gasteiger partial charge < -0.3 is 20.1 Å². The molecule has 0 spiro atoms. The summed E-state index contributed by atoms with van der Waals surface area (Å²) < 4.78 is 24.8. The molecule has 0 bridgehead atoms. The number of hydrogen-bond donors (Lipinski definition) is 3. The fraction of sp³-hybridized carbons (Fsp3) is 0.130. The Morgan fingerprint density at radius 1 is 1.26 bits per heavy atom. The van der Waals surface area contributed by atoms with Crippen molar-refractivity contribution in [3.8, 4) is 11.5 Å². The Hall–Kier alpha value is -4.22. The standard InChI is InChI=1S/C23H20ClFN6O4/c1-34-21-11-17(25)19(31(32)33)12-18(21)29-22-28-9-7-23(26,30-22)14-5-6-20(16(24)10-14)35-13-15-4-2-3-8-27-15/h2-12H,13,26H2,1H3,(H2,28,29,30). The summed E-state index contributed by atoms with van der Waals surface area (Å²) in [5, 5.41) is 17.2. The molecule has 4 N–H and O–H groups in total. The van der Waals surface area contributed by atoms with Crippen LogP contribution in [0.5, 0.6) is 11.5 Å². The van der Waals surface area contributed by atoms with Gasteiger partial charge in [0.1, 0.15) is 18.1 Å². The van der Waals surface area contributed by atoms with Crippen molar-refractivity contribution in [2.75, 3.05) is 12.4 Å². The summed E-state index contributed by atoms with van der Waals surface area (Å²) in [5.41, 5.74) is 5.91. The monoisotopic (exact) mass is 498 g/mol. The van der Waals surface area contributed by atoms with Crippen molar-refractivity contribution in [3.63, 3.8) is 0 Å². The highest BCUT2D eigenvalue weighted by Gasteiger charge is 2.28. The van der Waals surface area contributed by atoms with Crippen molar-refractivity contribution in [2.45, 2.75) is 12.3 Å². The van der Waals surface area contributed by atoms with Gasteiger partial charge in [0.25, 0.3) is 0 Å². The van der Waals surface area contributed by atoms with Crippen LogP contribution in [0.1, 0.15) is 11.3 Å². The van der Waals surface area contributed by atoms with E-state index in [2.05, 4.69) is 20.6 Å². The van der Waals surface area contributed by atoms with Gasteiger partial charge in [0.05, 0.1) is 28.4 Å². The molecule has 2 heterocycles. The van der Waals surface area contributed by atoms with E-state index in [9.17, 15) is 14.5 Å². The summed E-state index contributed by atoms with van der Waals surface area (Å²) in [6.45, 7) is 0.245. The number of methoxy groups -OCH3 is 1. The average molecular weight is 499 g/mol. The van der Waals surface area contributed by atoms with Crippen LogP contribution in [-0.2, 0) is 12.3 Å². The highest BCUT2D eigenvalue weighted by molar-refractivity contribution is 6.32. The first-order chi connectivity index (χ1) is 16.8. The Bertz CT molecular complexity index is 1320. The van der Waals surface area contributed by atoms with Crippen LogP contribution < -0.4 is 25.8 Å². The second kappa shape index (κ2) is 9.95. The molecule has 4 rings (SSSR count). The molecule has 3 aromatic rings. The molecule has 10 nitrogen and oxygen atoms in total. The third-order valence-corrected chi connectivity index (χ3v) is 5.36. The largest absolute Gasteiger partial charge is 0.494 e. The van der Waals surface area contributed by atoms with Gasteiger partial charge in [-0.2, -0.15) is 4.39 Å². The molecule has 12 heteroatoms. The number of ether oxygens (including phenoxy) is 2. The van der Waals surface area contributed by atoms with Crippen molar-refractivity contribution in [3.05, 3.63) is 99.2 Å². The second-order valence-corrected chi connectivity index (χ2v) is 7.81. The molecule has 1 unspecified atom stereocenters. The van der Waals surface area contributed by atoms with E-state index < -0.39 is 22.1 Å². The highest BCUT2D eigenvalue weighted by Crippen LogP contribution is 2.34. The maximum atomic E-state index is 14.0. The first kappa shape index (κ1) is 23.9. The third-order valence-electron chi connectivity index (χ3n) is 5.07. The summed E-state index contributed by atoms with van der Waals surface area (Å²) >= 11 is 6.42. The number of nitrogens with two attached hydrogens (primary N) is 1. The number of benzene rings is 2. The SMILES string of the molecule is COc1cc(F)c([N+](=O)[O-])cc1NC1=NC(N)(c2ccc(OCc3ccccn3)c(Cl)c2)C=CN1. The van der Waals surface area contributed by atoms with E-state index in [1.165, 1.54) is 7.11 Å². The van der Waals surface area contributed by atoms with Crippen molar-refractivity contribution < 1.29 is 18.8 Å².